The molecular formula is C24H19ClN2O4S. The molecule has 0 saturated carbocycles. The van der Waals surface area contributed by atoms with Crippen LogP contribution in [0.5, 0.6) is 5.75 Å². The lowest BCUT2D eigenvalue weighted by atomic mass is 10.0. The molecule has 0 aliphatic rings. The van der Waals surface area contributed by atoms with Gasteiger partial charge in [-0.25, -0.2) is 4.79 Å². The minimum Gasteiger partial charge on any atom is -0.497 e. The summed E-state index contributed by atoms with van der Waals surface area (Å²) in [5.41, 5.74) is 2.15. The van der Waals surface area contributed by atoms with Crippen LogP contribution in [0, 0.1) is 11.3 Å². The van der Waals surface area contributed by atoms with E-state index in [9.17, 15) is 14.9 Å². The molecule has 0 atom stereocenters. The Balaban J connectivity index is 1.93. The Morgan fingerprint density at radius 2 is 1.84 bits per heavy atom. The molecule has 2 aromatic carbocycles. The number of nitrogens with one attached hydrogen (secondary N) is 1. The highest BCUT2D eigenvalue weighted by atomic mass is 35.5. The summed E-state index contributed by atoms with van der Waals surface area (Å²) in [6.07, 6.45) is 1.46. The molecule has 1 amide bonds. The van der Waals surface area contributed by atoms with Crippen molar-refractivity contribution in [2.24, 2.45) is 0 Å². The maximum Gasteiger partial charge on any atom is 0.341 e. The van der Waals surface area contributed by atoms with Crippen molar-refractivity contribution in [1.29, 1.82) is 5.26 Å². The van der Waals surface area contributed by atoms with Crippen LogP contribution in [-0.2, 0) is 9.53 Å². The van der Waals surface area contributed by atoms with Gasteiger partial charge in [0.1, 0.15) is 28.0 Å². The molecule has 3 rings (SSSR count). The number of carbonyl (C=O) groups excluding carboxylic acids is 2. The number of amides is 1. The fourth-order valence-electron chi connectivity index (χ4n) is 2.88. The van der Waals surface area contributed by atoms with Crippen LogP contribution in [0.2, 0.25) is 5.02 Å². The van der Waals surface area contributed by atoms with Crippen molar-refractivity contribution in [3.05, 3.63) is 75.6 Å². The molecule has 1 aromatic heterocycles. The summed E-state index contributed by atoms with van der Waals surface area (Å²) in [6.45, 7) is 1.89. The van der Waals surface area contributed by atoms with Crippen LogP contribution >= 0.6 is 22.9 Å². The van der Waals surface area contributed by atoms with E-state index in [1.54, 1.807) is 67.9 Å². The number of rotatable bonds is 7. The molecule has 8 heteroatoms. The van der Waals surface area contributed by atoms with Crippen LogP contribution in [0.1, 0.15) is 22.8 Å². The molecule has 1 heterocycles. The van der Waals surface area contributed by atoms with Crippen LogP contribution < -0.4 is 10.1 Å². The van der Waals surface area contributed by atoms with Crippen LogP contribution in [0.15, 0.2) is 59.5 Å². The molecule has 0 spiro atoms. The highest BCUT2D eigenvalue weighted by molar-refractivity contribution is 7.15. The van der Waals surface area contributed by atoms with E-state index in [4.69, 9.17) is 21.1 Å². The molecule has 3 aromatic rings. The third-order valence-corrected chi connectivity index (χ3v) is 5.59. The molecule has 0 unspecified atom stereocenters. The van der Waals surface area contributed by atoms with E-state index < -0.39 is 11.9 Å². The molecule has 1 N–H and O–H groups in total. The number of methoxy groups -OCH3 is 1. The van der Waals surface area contributed by atoms with Gasteiger partial charge < -0.3 is 14.8 Å². The second-order valence-corrected chi connectivity index (χ2v) is 7.79. The minimum absolute atomic E-state index is 0.105. The fourth-order valence-corrected chi connectivity index (χ4v) is 3.96. The van der Waals surface area contributed by atoms with E-state index in [1.165, 1.54) is 17.4 Å². The largest absolute Gasteiger partial charge is 0.497 e. The number of hydrogen-bond donors (Lipinski definition) is 1. The van der Waals surface area contributed by atoms with Crippen molar-refractivity contribution in [3.63, 3.8) is 0 Å². The number of nitrogens with zero attached hydrogens (tertiary/aromatic N) is 1. The van der Waals surface area contributed by atoms with Gasteiger partial charge in [-0.05, 0) is 48.4 Å². The summed E-state index contributed by atoms with van der Waals surface area (Å²) >= 11 is 7.15. The van der Waals surface area contributed by atoms with Crippen molar-refractivity contribution < 1.29 is 19.1 Å². The Labute approximate surface area is 194 Å². The van der Waals surface area contributed by atoms with E-state index in [2.05, 4.69) is 5.32 Å². The average molecular weight is 467 g/mol. The molecule has 0 radical (unpaired) electrons. The maximum absolute atomic E-state index is 12.8. The molecule has 0 aliphatic heterocycles. The van der Waals surface area contributed by atoms with Crippen molar-refractivity contribution in [2.75, 3.05) is 19.0 Å². The van der Waals surface area contributed by atoms with Crippen LogP contribution in [0.4, 0.5) is 5.00 Å². The summed E-state index contributed by atoms with van der Waals surface area (Å²) in [4.78, 5) is 25.5. The molecule has 0 bridgehead atoms. The van der Waals surface area contributed by atoms with Crippen LogP contribution in [0.25, 0.3) is 17.2 Å². The number of carbonyl (C=O) groups is 2. The highest BCUT2D eigenvalue weighted by Crippen LogP contribution is 2.37. The molecule has 0 fully saturated rings. The fraction of sp³-hybridized carbons (Fsp3) is 0.125. The molecule has 162 valence electrons. The zero-order valence-corrected chi connectivity index (χ0v) is 18.9. The quantitative estimate of drug-likeness (QED) is 0.270. The standard InChI is InChI=1S/C24H19ClN2O4S/c1-3-31-24(29)21-20(16-6-8-18(25)9-7-16)14-32-23(21)27-22(28)17(13-26)12-15-4-10-19(30-2)11-5-15/h4-12,14H,3H2,1-2H3,(H,27,28)/b17-12+. The number of halogens is 1. The summed E-state index contributed by atoms with van der Waals surface area (Å²) in [5, 5.41) is 14.8. The molecule has 0 aliphatic carbocycles. The van der Waals surface area contributed by atoms with Gasteiger partial charge in [0, 0.05) is 16.0 Å². The van der Waals surface area contributed by atoms with Gasteiger partial charge in [0.25, 0.3) is 5.91 Å². The second kappa shape index (κ2) is 10.6. The normalized spacial score (nSPS) is 10.9. The first-order chi connectivity index (χ1) is 15.5. The smallest absolute Gasteiger partial charge is 0.341 e. The highest BCUT2D eigenvalue weighted by Gasteiger charge is 2.23. The number of ether oxygens (including phenoxy) is 2. The van der Waals surface area contributed by atoms with Gasteiger partial charge in [0.05, 0.1) is 13.7 Å². The van der Waals surface area contributed by atoms with E-state index in [0.29, 0.717) is 26.9 Å². The number of nitriles is 1. The SMILES string of the molecule is CCOC(=O)c1c(-c2ccc(Cl)cc2)csc1NC(=O)/C(C#N)=C/c1ccc(OC)cc1. The van der Waals surface area contributed by atoms with Crippen molar-refractivity contribution >= 4 is 45.9 Å². The van der Waals surface area contributed by atoms with Gasteiger partial charge in [0.15, 0.2) is 0 Å². The van der Waals surface area contributed by atoms with E-state index >= 15 is 0 Å². The van der Waals surface area contributed by atoms with Gasteiger partial charge in [-0.3, -0.25) is 4.79 Å². The Bertz CT molecular complexity index is 1190. The molecule has 32 heavy (non-hydrogen) atoms. The second-order valence-electron chi connectivity index (χ2n) is 6.48. The first-order valence-corrected chi connectivity index (χ1v) is 10.8. The van der Waals surface area contributed by atoms with E-state index in [-0.39, 0.29) is 17.7 Å². The van der Waals surface area contributed by atoms with Gasteiger partial charge >= 0.3 is 5.97 Å². The first kappa shape index (κ1) is 23.1. The lowest BCUT2D eigenvalue weighted by molar-refractivity contribution is -0.112. The summed E-state index contributed by atoms with van der Waals surface area (Å²) in [6, 6.07) is 15.8. The third-order valence-electron chi connectivity index (χ3n) is 4.44. The van der Waals surface area contributed by atoms with Gasteiger partial charge in [-0.2, -0.15) is 5.26 Å². The minimum atomic E-state index is -0.627. The number of benzene rings is 2. The Hall–Kier alpha value is -3.60. The topological polar surface area (TPSA) is 88.4 Å². The monoisotopic (exact) mass is 466 g/mol. The average Bonchev–Trinajstić information content (AvgIpc) is 3.22. The van der Waals surface area contributed by atoms with Gasteiger partial charge in [0.2, 0.25) is 0 Å². The Kier molecular flexibility index (Phi) is 7.66. The van der Waals surface area contributed by atoms with Crippen molar-refractivity contribution in [1.82, 2.24) is 0 Å². The summed E-state index contributed by atoms with van der Waals surface area (Å²) in [7, 11) is 1.56. The molecule has 6 nitrogen and oxygen atoms in total. The number of esters is 1. The molecular weight excluding hydrogens is 448 g/mol. The number of anilines is 1. The number of hydrogen-bond acceptors (Lipinski definition) is 6. The predicted octanol–water partition coefficient (Wildman–Crippen LogP) is 5.80. The van der Waals surface area contributed by atoms with E-state index in [0.717, 1.165) is 5.56 Å². The van der Waals surface area contributed by atoms with Gasteiger partial charge in [-0.15, -0.1) is 11.3 Å². The zero-order valence-electron chi connectivity index (χ0n) is 17.3. The first-order valence-electron chi connectivity index (χ1n) is 9.58. The third kappa shape index (κ3) is 5.35. The summed E-state index contributed by atoms with van der Waals surface area (Å²) < 4.78 is 10.3. The van der Waals surface area contributed by atoms with Crippen molar-refractivity contribution in [2.45, 2.75) is 6.92 Å². The Morgan fingerprint density at radius 1 is 1.16 bits per heavy atom. The lowest BCUT2D eigenvalue weighted by Gasteiger charge is -2.09. The maximum atomic E-state index is 12.8. The predicted molar refractivity (Wildman–Crippen MR) is 126 cm³/mol. The van der Waals surface area contributed by atoms with Crippen LogP contribution in [0.3, 0.4) is 0 Å². The van der Waals surface area contributed by atoms with Gasteiger partial charge in [-0.1, -0.05) is 35.9 Å². The van der Waals surface area contributed by atoms with Crippen LogP contribution in [-0.4, -0.2) is 25.6 Å². The summed E-state index contributed by atoms with van der Waals surface area (Å²) in [5.74, 6) is -0.525. The number of thiophene rings is 1. The zero-order chi connectivity index (χ0) is 23.1. The van der Waals surface area contributed by atoms with Crippen molar-refractivity contribution in [3.8, 4) is 22.9 Å². The molecule has 0 saturated heterocycles. The lowest BCUT2D eigenvalue weighted by Crippen LogP contribution is -2.16. The Morgan fingerprint density at radius 3 is 2.44 bits per heavy atom. The van der Waals surface area contributed by atoms with E-state index in [1.807, 2.05) is 6.07 Å².